The van der Waals surface area contributed by atoms with Crippen LogP contribution in [0.4, 0.5) is 5.69 Å². The molecular formula is C10H11NO4. The van der Waals surface area contributed by atoms with E-state index in [2.05, 4.69) is 0 Å². The molecule has 1 amide bonds. The Balaban J connectivity index is 3.02. The third kappa shape index (κ3) is 2.46. The quantitative estimate of drug-likeness (QED) is 0.707. The Morgan fingerprint density at radius 3 is 2.53 bits per heavy atom. The fraction of sp³-hybridized carbons (Fsp3) is 0.200. The van der Waals surface area contributed by atoms with E-state index in [1.807, 2.05) is 0 Å². The van der Waals surface area contributed by atoms with Crippen LogP contribution in [0.15, 0.2) is 24.3 Å². The number of aromatic hydroxyl groups is 1. The number of carbonyl (C=O) groups excluding carboxylic acids is 1. The maximum Gasteiger partial charge on any atom is 0.394 e. The number of carboxylic acid groups (broad SMARTS) is 1. The van der Waals surface area contributed by atoms with Crippen LogP contribution >= 0.6 is 0 Å². The van der Waals surface area contributed by atoms with Crippen molar-refractivity contribution in [2.75, 3.05) is 11.4 Å². The number of nitrogens with zero attached hydrogens (tertiary/aromatic N) is 1. The minimum atomic E-state index is -1.51. The second-order valence-electron chi connectivity index (χ2n) is 2.87. The topological polar surface area (TPSA) is 77.8 Å². The van der Waals surface area contributed by atoms with Gasteiger partial charge in [0.15, 0.2) is 0 Å². The number of aliphatic carboxylic acids is 1. The van der Waals surface area contributed by atoms with E-state index >= 15 is 0 Å². The van der Waals surface area contributed by atoms with Gasteiger partial charge in [-0.15, -0.1) is 0 Å². The molecule has 0 fully saturated rings. The molecule has 5 heteroatoms. The first-order valence-corrected chi connectivity index (χ1v) is 4.40. The molecule has 0 saturated carbocycles. The summed E-state index contributed by atoms with van der Waals surface area (Å²) >= 11 is 0. The Bertz CT molecular complexity index is 389. The lowest BCUT2D eigenvalue weighted by atomic mass is 10.2. The van der Waals surface area contributed by atoms with Gasteiger partial charge in [0.25, 0.3) is 0 Å². The normalized spacial score (nSPS) is 9.67. The van der Waals surface area contributed by atoms with E-state index in [0.717, 1.165) is 4.90 Å². The van der Waals surface area contributed by atoms with Gasteiger partial charge in [-0.1, -0.05) is 6.07 Å². The lowest BCUT2D eigenvalue weighted by Crippen LogP contribution is -2.36. The highest BCUT2D eigenvalue weighted by molar-refractivity contribution is 6.37. The summed E-state index contributed by atoms with van der Waals surface area (Å²) in [5.41, 5.74) is 0.366. The molecular weight excluding hydrogens is 198 g/mol. The highest BCUT2D eigenvalue weighted by Gasteiger charge is 2.20. The fourth-order valence-corrected chi connectivity index (χ4v) is 1.22. The predicted molar refractivity (Wildman–Crippen MR) is 53.8 cm³/mol. The third-order valence-electron chi connectivity index (χ3n) is 1.89. The number of hydrogen-bond acceptors (Lipinski definition) is 3. The summed E-state index contributed by atoms with van der Waals surface area (Å²) in [6, 6.07) is 5.89. The minimum Gasteiger partial charge on any atom is -0.508 e. The zero-order valence-corrected chi connectivity index (χ0v) is 8.17. The SMILES string of the molecule is CCN(C(=O)C(=O)O)c1cccc(O)c1. The lowest BCUT2D eigenvalue weighted by molar-refractivity contribution is -0.148. The molecule has 0 unspecified atom stereocenters. The van der Waals surface area contributed by atoms with Gasteiger partial charge in [-0.3, -0.25) is 4.79 Å². The number of phenolic OH excluding ortho intramolecular Hbond substituents is 1. The highest BCUT2D eigenvalue weighted by Crippen LogP contribution is 2.19. The molecule has 80 valence electrons. The molecule has 1 aromatic carbocycles. The van der Waals surface area contributed by atoms with E-state index < -0.39 is 11.9 Å². The van der Waals surface area contributed by atoms with Crippen molar-refractivity contribution in [3.05, 3.63) is 24.3 Å². The number of phenols is 1. The highest BCUT2D eigenvalue weighted by atomic mass is 16.4. The average Bonchev–Trinajstić information content (AvgIpc) is 2.18. The van der Waals surface area contributed by atoms with Crippen LogP contribution in [0.2, 0.25) is 0 Å². The first kappa shape index (κ1) is 11.0. The van der Waals surface area contributed by atoms with Crippen molar-refractivity contribution in [3.8, 4) is 5.75 Å². The van der Waals surface area contributed by atoms with Crippen molar-refractivity contribution in [2.24, 2.45) is 0 Å². The molecule has 0 aromatic heterocycles. The standard InChI is InChI=1S/C10H11NO4/c1-2-11(9(13)10(14)15)7-4-3-5-8(12)6-7/h3-6,12H,2H2,1H3,(H,14,15). The summed E-state index contributed by atoms with van der Waals surface area (Å²) in [7, 11) is 0. The maximum absolute atomic E-state index is 11.2. The minimum absolute atomic E-state index is 0.0101. The smallest absolute Gasteiger partial charge is 0.394 e. The fourth-order valence-electron chi connectivity index (χ4n) is 1.22. The van der Waals surface area contributed by atoms with Crippen molar-refractivity contribution < 1.29 is 19.8 Å². The summed E-state index contributed by atoms with van der Waals surface area (Å²) in [5.74, 6) is -2.53. The monoisotopic (exact) mass is 209 g/mol. The van der Waals surface area contributed by atoms with E-state index in [9.17, 15) is 14.7 Å². The van der Waals surface area contributed by atoms with Gasteiger partial charge in [-0.25, -0.2) is 4.79 Å². The molecule has 0 aliphatic carbocycles. The first-order chi connectivity index (χ1) is 7.06. The van der Waals surface area contributed by atoms with Crippen LogP contribution in [0.3, 0.4) is 0 Å². The number of hydrogen-bond donors (Lipinski definition) is 2. The number of anilines is 1. The zero-order chi connectivity index (χ0) is 11.4. The van der Waals surface area contributed by atoms with Gasteiger partial charge in [0.05, 0.1) is 0 Å². The molecule has 15 heavy (non-hydrogen) atoms. The molecule has 0 aliphatic heterocycles. The van der Waals surface area contributed by atoms with E-state index in [1.54, 1.807) is 19.1 Å². The van der Waals surface area contributed by atoms with Crippen LogP contribution in [-0.2, 0) is 9.59 Å². The van der Waals surface area contributed by atoms with Crippen molar-refractivity contribution in [1.82, 2.24) is 0 Å². The van der Waals surface area contributed by atoms with Crippen LogP contribution in [0.1, 0.15) is 6.92 Å². The molecule has 2 N–H and O–H groups in total. The molecule has 0 radical (unpaired) electrons. The molecule has 5 nitrogen and oxygen atoms in total. The summed E-state index contributed by atoms with van der Waals surface area (Å²) in [4.78, 5) is 22.8. The summed E-state index contributed by atoms with van der Waals surface area (Å²) in [6.45, 7) is 1.89. The van der Waals surface area contributed by atoms with Crippen LogP contribution in [0.5, 0.6) is 5.75 Å². The van der Waals surface area contributed by atoms with Gasteiger partial charge in [0.2, 0.25) is 0 Å². The Hall–Kier alpha value is -2.04. The number of carboxylic acids is 1. The Morgan fingerprint density at radius 2 is 2.07 bits per heavy atom. The molecule has 0 heterocycles. The second kappa shape index (κ2) is 4.45. The average molecular weight is 209 g/mol. The van der Waals surface area contributed by atoms with Gasteiger partial charge in [-0.05, 0) is 19.1 Å². The van der Waals surface area contributed by atoms with Gasteiger partial charge in [-0.2, -0.15) is 0 Å². The van der Waals surface area contributed by atoms with Crippen molar-refractivity contribution in [3.63, 3.8) is 0 Å². The molecule has 1 rings (SSSR count). The van der Waals surface area contributed by atoms with Crippen LogP contribution in [0, 0.1) is 0 Å². The molecule has 0 atom stereocenters. The van der Waals surface area contributed by atoms with Crippen LogP contribution < -0.4 is 4.90 Å². The van der Waals surface area contributed by atoms with Gasteiger partial charge >= 0.3 is 11.9 Å². The van der Waals surface area contributed by atoms with Crippen molar-refractivity contribution in [1.29, 1.82) is 0 Å². The van der Waals surface area contributed by atoms with Crippen LogP contribution in [0.25, 0.3) is 0 Å². The molecule has 1 aromatic rings. The van der Waals surface area contributed by atoms with Crippen LogP contribution in [-0.4, -0.2) is 28.6 Å². The van der Waals surface area contributed by atoms with Crippen molar-refractivity contribution >= 4 is 17.6 Å². The number of benzene rings is 1. The summed E-state index contributed by atoms with van der Waals surface area (Å²) in [5, 5.41) is 17.8. The Morgan fingerprint density at radius 1 is 1.40 bits per heavy atom. The largest absolute Gasteiger partial charge is 0.508 e. The van der Waals surface area contributed by atoms with E-state index in [0.29, 0.717) is 5.69 Å². The van der Waals surface area contributed by atoms with E-state index in [-0.39, 0.29) is 12.3 Å². The second-order valence-corrected chi connectivity index (χ2v) is 2.87. The Kier molecular flexibility index (Phi) is 3.28. The first-order valence-electron chi connectivity index (χ1n) is 4.40. The van der Waals surface area contributed by atoms with E-state index in [4.69, 9.17) is 5.11 Å². The maximum atomic E-state index is 11.2. The van der Waals surface area contributed by atoms with Gasteiger partial charge in [0.1, 0.15) is 5.75 Å². The zero-order valence-electron chi connectivity index (χ0n) is 8.17. The lowest BCUT2D eigenvalue weighted by Gasteiger charge is -2.18. The van der Waals surface area contributed by atoms with Gasteiger partial charge in [0, 0.05) is 18.3 Å². The van der Waals surface area contributed by atoms with Gasteiger partial charge < -0.3 is 15.1 Å². The molecule has 0 spiro atoms. The van der Waals surface area contributed by atoms with Crippen molar-refractivity contribution in [2.45, 2.75) is 6.92 Å². The number of likely N-dealkylation sites (N-methyl/N-ethyl adjacent to an activating group) is 1. The molecule has 0 saturated heterocycles. The number of rotatable bonds is 2. The predicted octanol–water partition coefficient (Wildman–Crippen LogP) is 0.830. The molecule has 0 bridgehead atoms. The third-order valence-corrected chi connectivity index (χ3v) is 1.89. The van der Waals surface area contributed by atoms with E-state index in [1.165, 1.54) is 12.1 Å². The number of carbonyl (C=O) groups is 2. The molecule has 0 aliphatic rings. The Labute approximate surface area is 86.6 Å². The summed E-state index contributed by atoms with van der Waals surface area (Å²) < 4.78 is 0. The number of amides is 1. The summed E-state index contributed by atoms with van der Waals surface area (Å²) in [6.07, 6.45) is 0.